The zero-order valence-electron chi connectivity index (χ0n) is 15.0. The van der Waals surface area contributed by atoms with Crippen molar-refractivity contribution in [2.24, 2.45) is 4.99 Å². The predicted octanol–water partition coefficient (Wildman–Crippen LogP) is -0.138. The highest BCUT2D eigenvalue weighted by Crippen LogP contribution is 2.31. The summed E-state index contributed by atoms with van der Waals surface area (Å²) in [5.74, 6) is -0.439. The van der Waals surface area contributed by atoms with E-state index < -0.39 is 17.1 Å². The predicted molar refractivity (Wildman–Crippen MR) is 104 cm³/mol. The van der Waals surface area contributed by atoms with E-state index >= 15 is 0 Å². The lowest BCUT2D eigenvalue weighted by atomic mass is 9.92. The Labute approximate surface area is 165 Å². The summed E-state index contributed by atoms with van der Waals surface area (Å²) in [6.07, 6.45) is 1.40. The van der Waals surface area contributed by atoms with Crippen molar-refractivity contribution < 1.29 is 5.11 Å². The summed E-state index contributed by atoms with van der Waals surface area (Å²) in [5.41, 5.74) is -1.36. The molecule has 5 heterocycles. The van der Waals surface area contributed by atoms with Gasteiger partial charge in [0.1, 0.15) is 5.56 Å². The third-order valence-electron chi connectivity index (χ3n) is 5.43. The third kappa shape index (κ3) is 2.87. The monoisotopic (exact) mass is 402 g/mol. The standard InChI is InChI=1S/C18H19ClN6O3/c19-12-1-3-13(4-2-12)25-16(27)14(15(26)21-17(25)28)5-20-18-6-22-9-23(7-18)11-24(8-18)10-22/h1-5,27H,6-11H2,(H,21,26,28). The molecule has 10 heteroatoms. The molecular weight excluding hydrogens is 384 g/mol. The van der Waals surface area contributed by atoms with E-state index in [2.05, 4.69) is 19.7 Å². The summed E-state index contributed by atoms with van der Waals surface area (Å²) in [6.45, 7) is 5.23. The average Bonchev–Trinajstić information content (AvgIpc) is 2.61. The van der Waals surface area contributed by atoms with E-state index in [0.29, 0.717) is 10.7 Å². The summed E-state index contributed by atoms with van der Waals surface area (Å²) in [6, 6.07) is 6.40. The van der Waals surface area contributed by atoms with Gasteiger partial charge in [0.25, 0.3) is 5.56 Å². The maximum Gasteiger partial charge on any atom is 0.335 e. The Morgan fingerprint density at radius 3 is 2.18 bits per heavy atom. The number of hydrogen-bond donors (Lipinski definition) is 2. The molecule has 0 saturated carbocycles. The van der Waals surface area contributed by atoms with Crippen molar-refractivity contribution >= 4 is 17.8 Å². The molecule has 0 amide bonds. The Morgan fingerprint density at radius 1 is 1.04 bits per heavy atom. The molecule has 0 atom stereocenters. The topological polar surface area (TPSA) is 97.2 Å². The number of halogens is 1. The van der Waals surface area contributed by atoms with Gasteiger partial charge in [0.2, 0.25) is 5.88 Å². The highest BCUT2D eigenvalue weighted by Gasteiger charge is 2.48. The lowest BCUT2D eigenvalue weighted by Crippen LogP contribution is -2.75. The highest BCUT2D eigenvalue weighted by molar-refractivity contribution is 6.30. The van der Waals surface area contributed by atoms with Crippen molar-refractivity contribution in [1.82, 2.24) is 24.3 Å². The second-order valence-electron chi connectivity index (χ2n) is 7.70. The van der Waals surface area contributed by atoms with Crippen LogP contribution in [0.5, 0.6) is 5.88 Å². The number of benzene rings is 1. The van der Waals surface area contributed by atoms with Crippen LogP contribution in [0.2, 0.25) is 5.02 Å². The first-order chi connectivity index (χ1) is 13.4. The fourth-order valence-corrected chi connectivity index (χ4v) is 4.62. The lowest BCUT2D eigenvalue weighted by Gasteiger charge is -2.59. The van der Waals surface area contributed by atoms with Gasteiger partial charge in [-0.15, -0.1) is 0 Å². The molecule has 4 saturated heterocycles. The fourth-order valence-electron chi connectivity index (χ4n) is 4.49. The number of aromatic amines is 1. The summed E-state index contributed by atoms with van der Waals surface area (Å²) in [4.78, 5) is 38.5. The second kappa shape index (κ2) is 6.28. The van der Waals surface area contributed by atoms with Gasteiger partial charge in [0.15, 0.2) is 0 Å². The number of nitrogens with one attached hydrogen (secondary N) is 1. The van der Waals surface area contributed by atoms with E-state index in [1.54, 1.807) is 24.3 Å². The SMILES string of the molecule is O=c1[nH]c(=O)n(-c2ccc(Cl)cc2)c(O)c1C=NC12CN3CN(CN(C3)C1)C2. The van der Waals surface area contributed by atoms with Crippen LogP contribution in [0.25, 0.3) is 5.69 Å². The Morgan fingerprint density at radius 2 is 1.61 bits per heavy atom. The molecular formula is C18H19ClN6O3. The largest absolute Gasteiger partial charge is 0.493 e. The molecule has 1 aromatic heterocycles. The quantitative estimate of drug-likeness (QED) is 0.694. The Bertz CT molecular complexity index is 1040. The van der Waals surface area contributed by atoms with E-state index in [1.165, 1.54) is 6.21 Å². The Kier molecular flexibility index (Phi) is 3.95. The van der Waals surface area contributed by atoms with Gasteiger partial charge in [-0.25, -0.2) is 9.36 Å². The Hall–Kier alpha value is -2.46. The Balaban J connectivity index is 1.55. The maximum atomic E-state index is 12.3. The van der Waals surface area contributed by atoms with Crippen molar-refractivity contribution in [2.45, 2.75) is 5.54 Å². The molecule has 146 valence electrons. The molecule has 0 aliphatic carbocycles. The molecule has 0 spiro atoms. The van der Waals surface area contributed by atoms with Crippen LogP contribution >= 0.6 is 11.6 Å². The summed E-state index contributed by atoms with van der Waals surface area (Å²) in [7, 11) is 0. The normalized spacial score (nSPS) is 31.0. The molecule has 1 aromatic carbocycles. The summed E-state index contributed by atoms with van der Waals surface area (Å²) >= 11 is 5.89. The number of rotatable bonds is 3. The number of H-pyrrole nitrogens is 1. The highest BCUT2D eigenvalue weighted by atomic mass is 35.5. The molecule has 4 aliphatic rings. The fraction of sp³-hybridized carbons (Fsp3) is 0.389. The first kappa shape index (κ1) is 17.6. The van der Waals surface area contributed by atoms with E-state index in [1.807, 2.05) is 0 Å². The van der Waals surface area contributed by atoms with E-state index in [4.69, 9.17) is 16.6 Å². The number of nitrogens with zero attached hydrogens (tertiary/aromatic N) is 5. The maximum absolute atomic E-state index is 12.3. The van der Waals surface area contributed by atoms with Crippen LogP contribution in [-0.2, 0) is 0 Å². The van der Waals surface area contributed by atoms with Gasteiger partial charge in [-0.05, 0) is 24.3 Å². The average molecular weight is 403 g/mol. The number of aliphatic imine (C=N–C) groups is 1. The minimum Gasteiger partial charge on any atom is -0.493 e. The number of aromatic hydroxyl groups is 1. The van der Waals surface area contributed by atoms with Gasteiger partial charge in [-0.2, -0.15) is 0 Å². The van der Waals surface area contributed by atoms with Gasteiger partial charge in [-0.3, -0.25) is 29.5 Å². The molecule has 4 bridgehead atoms. The van der Waals surface area contributed by atoms with Gasteiger partial charge in [-0.1, -0.05) is 11.6 Å². The van der Waals surface area contributed by atoms with E-state index in [0.717, 1.165) is 44.2 Å². The molecule has 2 N–H and O–H groups in total. The van der Waals surface area contributed by atoms with Gasteiger partial charge in [0.05, 0.1) is 31.2 Å². The molecule has 4 fully saturated rings. The van der Waals surface area contributed by atoms with Crippen molar-refractivity contribution in [3.05, 3.63) is 55.7 Å². The van der Waals surface area contributed by atoms with Crippen LogP contribution in [0, 0.1) is 0 Å². The van der Waals surface area contributed by atoms with Crippen molar-refractivity contribution in [3.8, 4) is 11.6 Å². The third-order valence-corrected chi connectivity index (χ3v) is 5.68. The van der Waals surface area contributed by atoms with Gasteiger partial charge >= 0.3 is 5.69 Å². The van der Waals surface area contributed by atoms with E-state index in [-0.39, 0.29) is 11.1 Å². The number of aromatic nitrogens is 2. The van der Waals surface area contributed by atoms with E-state index in [9.17, 15) is 14.7 Å². The smallest absolute Gasteiger partial charge is 0.335 e. The first-order valence-corrected chi connectivity index (χ1v) is 9.37. The molecule has 6 rings (SSSR count). The van der Waals surface area contributed by atoms with Crippen LogP contribution in [0.3, 0.4) is 0 Å². The van der Waals surface area contributed by atoms with Crippen LogP contribution < -0.4 is 11.2 Å². The second-order valence-corrected chi connectivity index (χ2v) is 8.14. The first-order valence-electron chi connectivity index (χ1n) is 8.99. The number of hydrogen-bond acceptors (Lipinski definition) is 7. The molecule has 9 nitrogen and oxygen atoms in total. The molecule has 28 heavy (non-hydrogen) atoms. The molecule has 2 aromatic rings. The minimum atomic E-state index is -0.722. The summed E-state index contributed by atoms with van der Waals surface area (Å²) < 4.78 is 1.04. The summed E-state index contributed by atoms with van der Waals surface area (Å²) in [5, 5.41) is 11.2. The molecule has 4 aliphatic heterocycles. The zero-order chi connectivity index (χ0) is 19.5. The van der Waals surface area contributed by atoms with Crippen molar-refractivity contribution in [3.63, 3.8) is 0 Å². The lowest BCUT2D eigenvalue weighted by molar-refractivity contribution is -0.139. The van der Waals surface area contributed by atoms with Crippen LogP contribution in [0.1, 0.15) is 5.56 Å². The zero-order valence-corrected chi connectivity index (χ0v) is 15.8. The minimum absolute atomic E-state index is 0.0368. The van der Waals surface area contributed by atoms with Crippen molar-refractivity contribution in [2.75, 3.05) is 39.6 Å². The molecule has 0 radical (unpaired) electrons. The molecule has 0 unspecified atom stereocenters. The van der Waals surface area contributed by atoms with Crippen LogP contribution in [0.15, 0.2) is 38.8 Å². The van der Waals surface area contributed by atoms with Crippen LogP contribution in [0.4, 0.5) is 0 Å². The van der Waals surface area contributed by atoms with Crippen LogP contribution in [-0.4, -0.2) is 80.8 Å². The van der Waals surface area contributed by atoms with Crippen molar-refractivity contribution in [1.29, 1.82) is 0 Å². The van der Waals surface area contributed by atoms with Gasteiger partial charge in [0, 0.05) is 30.9 Å². The van der Waals surface area contributed by atoms with Gasteiger partial charge < -0.3 is 5.11 Å².